The molecule has 0 aliphatic heterocycles. The lowest BCUT2D eigenvalue weighted by Crippen LogP contribution is -2.29. The van der Waals surface area contributed by atoms with E-state index >= 15 is 0 Å². The fourth-order valence-corrected chi connectivity index (χ4v) is 3.78. The van der Waals surface area contributed by atoms with Gasteiger partial charge in [0.05, 0.1) is 6.61 Å². The van der Waals surface area contributed by atoms with Crippen LogP contribution in [-0.2, 0) is 19.9 Å². The Morgan fingerprint density at radius 1 is 1.08 bits per heavy atom. The summed E-state index contributed by atoms with van der Waals surface area (Å²) in [6.07, 6.45) is -0.137. The molecule has 24 heavy (non-hydrogen) atoms. The molecule has 0 radical (unpaired) electrons. The molecule has 1 N–H and O–H groups in total. The Bertz CT molecular complexity index is 909. The number of hydrogen-bond acceptors (Lipinski definition) is 4. The third kappa shape index (κ3) is 1.83. The Labute approximate surface area is 139 Å². The van der Waals surface area contributed by atoms with Crippen LogP contribution in [0.5, 0.6) is 0 Å². The van der Waals surface area contributed by atoms with Gasteiger partial charge in [-0.25, -0.2) is 4.79 Å². The second-order valence-corrected chi connectivity index (χ2v) is 6.02. The zero-order valence-corrected chi connectivity index (χ0v) is 13.2. The second-order valence-electron chi connectivity index (χ2n) is 6.02. The summed E-state index contributed by atoms with van der Waals surface area (Å²) in [5, 5.41) is 11.4. The summed E-state index contributed by atoms with van der Waals surface area (Å²) in [6, 6.07) is 15.0. The quantitative estimate of drug-likeness (QED) is 0.683. The molecule has 2 aromatic rings. The van der Waals surface area contributed by atoms with Gasteiger partial charge in [-0.05, 0) is 29.2 Å². The van der Waals surface area contributed by atoms with E-state index in [1.165, 1.54) is 0 Å². The Morgan fingerprint density at radius 2 is 1.71 bits per heavy atom. The highest BCUT2D eigenvalue weighted by atomic mass is 16.5. The van der Waals surface area contributed by atoms with Gasteiger partial charge in [0.1, 0.15) is 11.2 Å². The van der Waals surface area contributed by atoms with Gasteiger partial charge in [0, 0.05) is 12.0 Å². The number of carbonyl (C=O) groups excluding carboxylic acids is 2. The number of benzene rings is 2. The number of esters is 1. The number of ketones is 1. The standard InChI is InChI=1S/C20H16O4/c1-2-24-19(22)17-16(21)11-20(23)15-10-6-5-8-13(15)12-7-3-4-9-14(12)18(17)20/h3-10,23H,2,11H2,1H3/t20-/m1/s1. The SMILES string of the molecule is CCOC(=O)C1=C2c3ccccc3-c3ccccc3[C@]2(O)CC1=O. The molecule has 0 heterocycles. The number of rotatable bonds is 2. The Balaban J connectivity index is 2.09. The van der Waals surface area contributed by atoms with Crippen LogP contribution in [0.3, 0.4) is 0 Å². The van der Waals surface area contributed by atoms with Crippen LogP contribution >= 0.6 is 0 Å². The predicted molar refractivity (Wildman–Crippen MR) is 89.0 cm³/mol. The van der Waals surface area contributed by atoms with Crippen molar-refractivity contribution in [2.24, 2.45) is 0 Å². The van der Waals surface area contributed by atoms with E-state index in [-0.39, 0.29) is 24.4 Å². The lowest BCUT2D eigenvalue weighted by molar-refractivity contribution is -0.139. The third-order valence-electron chi connectivity index (χ3n) is 4.70. The highest BCUT2D eigenvalue weighted by Gasteiger charge is 2.52. The molecule has 1 atom stereocenters. The molecule has 2 aromatic carbocycles. The lowest BCUT2D eigenvalue weighted by Gasteiger charge is -2.34. The molecule has 0 aromatic heterocycles. The van der Waals surface area contributed by atoms with Crippen molar-refractivity contribution in [1.29, 1.82) is 0 Å². The molecule has 2 aliphatic rings. The van der Waals surface area contributed by atoms with Crippen LogP contribution in [0.25, 0.3) is 16.7 Å². The zero-order valence-electron chi connectivity index (χ0n) is 13.2. The van der Waals surface area contributed by atoms with Crippen LogP contribution in [0.2, 0.25) is 0 Å². The number of Topliss-reactive ketones (excluding diaryl/α,β-unsaturated/α-hetero) is 1. The minimum Gasteiger partial charge on any atom is -0.462 e. The minimum atomic E-state index is -1.48. The van der Waals surface area contributed by atoms with Crippen molar-refractivity contribution in [2.45, 2.75) is 18.9 Å². The summed E-state index contributed by atoms with van der Waals surface area (Å²) >= 11 is 0. The van der Waals surface area contributed by atoms with Gasteiger partial charge in [0.2, 0.25) is 0 Å². The molecule has 0 spiro atoms. The van der Waals surface area contributed by atoms with Crippen molar-refractivity contribution in [1.82, 2.24) is 0 Å². The monoisotopic (exact) mass is 320 g/mol. The van der Waals surface area contributed by atoms with E-state index in [0.29, 0.717) is 16.7 Å². The molecular formula is C20H16O4. The van der Waals surface area contributed by atoms with E-state index in [9.17, 15) is 14.7 Å². The molecule has 0 unspecified atom stereocenters. The van der Waals surface area contributed by atoms with E-state index in [0.717, 1.165) is 11.1 Å². The van der Waals surface area contributed by atoms with Gasteiger partial charge in [-0.3, -0.25) is 4.79 Å². The normalized spacial score (nSPS) is 21.2. The summed E-state index contributed by atoms with van der Waals surface area (Å²) < 4.78 is 5.06. The van der Waals surface area contributed by atoms with Crippen molar-refractivity contribution in [2.75, 3.05) is 6.61 Å². The fraction of sp³-hybridized carbons (Fsp3) is 0.200. The van der Waals surface area contributed by atoms with E-state index in [4.69, 9.17) is 4.74 Å². The molecule has 0 fully saturated rings. The van der Waals surface area contributed by atoms with Crippen LogP contribution in [0, 0.1) is 0 Å². The van der Waals surface area contributed by atoms with Gasteiger partial charge < -0.3 is 9.84 Å². The van der Waals surface area contributed by atoms with Crippen LogP contribution in [0.1, 0.15) is 24.5 Å². The van der Waals surface area contributed by atoms with Crippen molar-refractivity contribution >= 4 is 17.3 Å². The number of ether oxygens (including phenoxy) is 1. The van der Waals surface area contributed by atoms with Crippen molar-refractivity contribution < 1.29 is 19.4 Å². The summed E-state index contributed by atoms with van der Waals surface area (Å²) in [5.74, 6) is -1.04. The molecule has 0 bridgehead atoms. The molecule has 4 nitrogen and oxygen atoms in total. The van der Waals surface area contributed by atoms with Crippen LogP contribution in [-0.4, -0.2) is 23.5 Å². The van der Waals surface area contributed by atoms with Crippen LogP contribution in [0.15, 0.2) is 54.1 Å². The number of aliphatic hydroxyl groups is 1. The van der Waals surface area contributed by atoms with Crippen LogP contribution < -0.4 is 0 Å². The first-order chi connectivity index (χ1) is 11.6. The summed E-state index contributed by atoms with van der Waals surface area (Å²) in [5.41, 5.74) is 2.03. The summed E-state index contributed by atoms with van der Waals surface area (Å²) in [4.78, 5) is 24.9. The van der Waals surface area contributed by atoms with Crippen molar-refractivity contribution in [3.8, 4) is 11.1 Å². The summed E-state index contributed by atoms with van der Waals surface area (Å²) in [6.45, 7) is 1.87. The number of fused-ring (bicyclic) bond motifs is 6. The topological polar surface area (TPSA) is 63.6 Å². The predicted octanol–water partition coefficient (Wildman–Crippen LogP) is 2.84. The maximum atomic E-state index is 12.6. The Hall–Kier alpha value is -2.72. The first kappa shape index (κ1) is 14.8. The van der Waals surface area contributed by atoms with Gasteiger partial charge in [0.25, 0.3) is 0 Å². The highest BCUT2D eigenvalue weighted by Crippen LogP contribution is 2.55. The molecular weight excluding hydrogens is 304 g/mol. The van der Waals surface area contributed by atoms with Gasteiger partial charge in [-0.2, -0.15) is 0 Å². The van der Waals surface area contributed by atoms with E-state index in [1.807, 2.05) is 48.5 Å². The molecule has 120 valence electrons. The number of hydrogen-bond donors (Lipinski definition) is 1. The molecule has 2 aliphatic carbocycles. The van der Waals surface area contributed by atoms with Gasteiger partial charge in [-0.1, -0.05) is 48.5 Å². The lowest BCUT2D eigenvalue weighted by atomic mass is 9.73. The summed E-state index contributed by atoms with van der Waals surface area (Å²) in [7, 11) is 0. The average molecular weight is 320 g/mol. The molecule has 4 rings (SSSR count). The highest BCUT2D eigenvalue weighted by molar-refractivity contribution is 6.28. The van der Waals surface area contributed by atoms with Gasteiger partial charge in [0.15, 0.2) is 5.78 Å². The van der Waals surface area contributed by atoms with Crippen molar-refractivity contribution in [3.63, 3.8) is 0 Å². The molecule has 0 saturated heterocycles. The fourth-order valence-electron chi connectivity index (χ4n) is 3.78. The first-order valence-electron chi connectivity index (χ1n) is 7.94. The maximum absolute atomic E-state index is 12.6. The van der Waals surface area contributed by atoms with E-state index in [2.05, 4.69) is 0 Å². The van der Waals surface area contributed by atoms with Gasteiger partial charge >= 0.3 is 5.97 Å². The molecule has 0 amide bonds. The largest absolute Gasteiger partial charge is 0.462 e. The molecule has 4 heteroatoms. The Kier molecular flexibility index (Phi) is 3.18. The van der Waals surface area contributed by atoms with E-state index < -0.39 is 11.6 Å². The average Bonchev–Trinajstić information content (AvgIpc) is 2.87. The first-order valence-corrected chi connectivity index (χ1v) is 7.94. The Morgan fingerprint density at radius 3 is 2.42 bits per heavy atom. The van der Waals surface area contributed by atoms with Crippen LogP contribution in [0.4, 0.5) is 0 Å². The van der Waals surface area contributed by atoms with Crippen molar-refractivity contribution in [3.05, 3.63) is 65.2 Å². The smallest absolute Gasteiger partial charge is 0.342 e. The second kappa shape index (κ2) is 5.14. The molecule has 0 saturated carbocycles. The maximum Gasteiger partial charge on any atom is 0.342 e. The van der Waals surface area contributed by atoms with Gasteiger partial charge in [-0.15, -0.1) is 0 Å². The minimum absolute atomic E-state index is 0.0266. The third-order valence-corrected chi connectivity index (χ3v) is 4.70. The zero-order chi connectivity index (χ0) is 16.9. The van der Waals surface area contributed by atoms with E-state index in [1.54, 1.807) is 6.92 Å². The number of carbonyl (C=O) groups is 2.